The maximum atomic E-state index is 4.39. The minimum atomic E-state index is 0.835. The number of aromatic nitrogens is 4. The highest BCUT2D eigenvalue weighted by Crippen LogP contribution is 2.03. The lowest BCUT2D eigenvalue weighted by Gasteiger charge is -1.98. The fraction of sp³-hybridized carbons (Fsp3) is 0.500. The molecule has 0 fully saturated rings. The molecule has 5 nitrogen and oxygen atoms in total. The van der Waals surface area contributed by atoms with Crippen molar-refractivity contribution in [1.29, 1.82) is 0 Å². The SMILES string of the molecule is CCNCCc1cn(Cc2cnn(C)c2)cn1. The Morgan fingerprint density at radius 2 is 2.24 bits per heavy atom. The first kappa shape index (κ1) is 11.9. The molecule has 0 aliphatic rings. The van der Waals surface area contributed by atoms with E-state index in [2.05, 4.69) is 33.1 Å². The molecule has 2 rings (SSSR count). The fourth-order valence-corrected chi connectivity index (χ4v) is 1.78. The Labute approximate surface area is 101 Å². The quantitative estimate of drug-likeness (QED) is 0.751. The molecule has 0 unspecified atom stereocenters. The molecule has 0 amide bonds. The predicted octanol–water partition coefficient (Wildman–Crippen LogP) is 0.817. The van der Waals surface area contributed by atoms with Gasteiger partial charge in [0, 0.05) is 38.0 Å². The number of nitrogens with zero attached hydrogens (tertiary/aromatic N) is 4. The van der Waals surface area contributed by atoms with Gasteiger partial charge in [0.25, 0.3) is 0 Å². The number of hydrogen-bond acceptors (Lipinski definition) is 3. The van der Waals surface area contributed by atoms with E-state index in [1.165, 1.54) is 5.56 Å². The van der Waals surface area contributed by atoms with Crippen LogP contribution in [0.3, 0.4) is 0 Å². The van der Waals surface area contributed by atoms with Crippen LogP contribution in [0.1, 0.15) is 18.2 Å². The zero-order chi connectivity index (χ0) is 12.1. The van der Waals surface area contributed by atoms with Gasteiger partial charge in [-0.2, -0.15) is 5.10 Å². The van der Waals surface area contributed by atoms with Crippen LogP contribution in [0.25, 0.3) is 0 Å². The number of likely N-dealkylation sites (N-methyl/N-ethyl adjacent to an activating group) is 1. The van der Waals surface area contributed by atoms with Crippen LogP contribution in [0, 0.1) is 0 Å². The number of rotatable bonds is 6. The average molecular weight is 233 g/mol. The van der Waals surface area contributed by atoms with Gasteiger partial charge >= 0.3 is 0 Å². The molecule has 5 heteroatoms. The van der Waals surface area contributed by atoms with Crippen molar-refractivity contribution in [3.8, 4) is 0 Å². The average Bonchev–Trinajstić information content (AvgIpc) is 2.90. The Balaban J connectivity index is 1.89. The third-order valence-corrected chi connectivity index (χ3v) is 2.62. The molecule has 17 heavy (non-hydrogen) atoms. The third kappa shape index (κ3) is 3.42. The summed E-state index contributed by atoms with van der Waals surface area (Å²) < 4.78 is 3.91. The first-order chi connectivity index (χ1) is 8.28. The minimum Gasteiger partial charge on any atom is -0.333 e. The third-order valence-electron chi connectivity index (χ3n) is 2.62. The molecule has 2 heterocycles. The molecule has 2 aromatic heterocycles. The molecule has 2 aromatic rings. The summed E-state index contributed by atoms with van der Waals surface area (Å²) in [7, 11) is 1.93. The Kier molecular flexibility index (Phi) is 3.93. The number of aryl methyl sites for hydroxylation is 1. The molecule has 0 atom stereocenters. The van der Waals surface area contributed by atoms with E-state index < -0.39 is 0 Å². The molecule has 0 saturated heterocycles. The summed E-state index contributed by atoms with van der Waals surface area (Å²) in [5.74, 6) is 0. The topological polar surface area (TPSA) is 47.7 Å². The van der Waals surface area contributed by atoms with Crippen LogP contribution in [0.2, 0.25) is 0 Å². The highest BCUT2D eigenvalue weighted by Gasteiger charge is 2.01. The summed E-state index contributed by atoms with van der Waals surface area (Å²) in [5.41, 5.74) is 2.33. The van der Waals surface area contributed by atoms with E-state index in [1.807, 2.05) is 30.5 Å². The van der Waals surface area contributed by atoms with Crippen LogP contribution >= 0.6 is 0 Å². The summed E-state index contributed by atoms with van der Waals surface area (Å²) >= 11 is 0. The van der Waals surface area contributed by atoms with Crippen molar-refractivity contribution in [1.82, 2.24) is 24.6 Å². The van der Waals surface area contributed by atoms with Gasteiger partial charge in [-0.1, -0.05) is 6.92 Å². The molecule has 0 aromatic carbocycles. The predicted molar refractivity (Wildman–Crippen MR) is 66.8 cm³/mol. The smallest absolute Gasteiger partial charge is 0.0952 e. The van der Waals surface area contributed by atoms with E-state index in [9.17, 15) is 0 Å². The van der Waals surface area contributed by atoms with E-state index in [1.54, 1.807) is 0 Å². The molecule has 92 valence electrons. The summed E-state index contributed by atoms with van der Waals surface area (Å²) in [6, 6.07) is 0. The van der Waals surface area contributed by atoms with Gasteiger partial charge in [-0.3, -0.25) is 4.68 Å². The summed E-state index contributed by atoms with van der Waals surface area (Å²) in [6.45, 7) is 4.94. The van der Waals surface area contributed by atoms with Gasteiger partial charge in [-0.25, -0.2) is 4.98 Å². The van der Waals surface area contributed by atoms with E-state index in [4.69, 9.17) is 0 Å². The number of hydrogen-bond donors (Lipinski definition) is 1. The van der Waals surface area contributed by atoms with Crippen molar-refractivity contribution in [2.75, 3.05) is 13.1 Å². The van der Waals surface area contributed by atoms with Crippen molar-refractivity contribution < 1.29 is 0 Å². The van der Waals surface area contributed by atoms with Crippen molar-refractivity contribution in [2.24, 2.45) is 7.05 Å². The molecule has 0 aliphatic carbocycles. The van der Waals surface area contributed by atoms with E-state index >= 15 is 0 Å². The second-order valence-corrected chi connectivity index (χ2v) is 4.16. The van der Waals surface area contributed by atoms with Crippen LogP contribution in [-0.4, -0.2) is 32.4 Å². The van der Waals surface area contributed by atoms with Crippen LogP contribution in [0.5, 0.6) is 0 Å². The monoisotopic (exact) mass is 233 g/mol. The van der Waals surface area contributed by atoms with Crippen molar-refractivity contribution in [2.45, 2.75) is 19.9 Å². The largest absolute Gasteiger partial charge is 0.333 e. The van der Waals surface area contributed by atoms with Crippen LogP contribution in [-0.2, 0) is 20.0 Å². The fourth-order valence-electron chi connectivity index (χ4n) is 1.78. The van der Waals surface area contributed by atoms with Crippen LogP contribution in [0.4, 0.5) is 0 Å². The Bertz CT molecular complexity index is 457. The van der Waals surface area contributed by atoms with Gasteiger partial charge in [0.05, 0.1) is 24.8 Å². The lowest BCUT2D eigenvalue weighted by atomic mass is 10.3. The standard InChI is InChI=1S/C12H19N5/c1-3-13-5-4-12-9-17(10-14-12)8-11-6-15-16(2)7-11/h6-7,9-10,13H,3-5,8H2,1-2H3. The first-order valence-corrected chi connectivity index (χ1v) is 5.97. The normalized spacial score (nSPS) is 10.9. The number of nitrogens with one attached hydrogen (secondary N) is 1. The molecule has 0 saturated carbocycles. The zero-order valence-corrected chi connectivity index (χ0v) is 10.4. The van der Waals surface area contributed by atoms with Crippen molar-refractivity contribution >= 4 is 0 Å². The molecular formula is C12H19N5. The van der Waals surface area contributed by atoms with Crippen molar-refractivity contribution in [3.05, 3.63) is 36.2 Å². The molecular weight excluding hydrogens is 214 g/mol. The second-order valence-electron chi connectivity index (χ2n) is 4.16. The molecule has 1 N–H and O–H groups in total. The van der Waals surface area contributed by atoms with Gasteiger partial charge in [0.2, 0.25) is 0 Å². The van der Waals surface area contributed by atoms with Gasteiger partial charge in [0.15, 0.2) is 0 Å². The molecule has 0 bridgehead atoms. The molecule has 0 aliphatic heterocycles. The van der Waals surface area contributed by atoms with E-state index in [0.29, 0.717) is 0 Å². The van der Waals surface area contributed by atoms with Gasteiger partial charge < -0.3 is 9.88 Å². The Morgan fingerprint density at radius 3 is 2.94 bits per heavy atom. The van der Waals surface area contributed by atoms with Crippen molar-refractivity contribution in [3.63, 3.8) is 0 Å². The lowest BCUT2D eigenvalue weighted by Crippen LogP contribution is -2.16. The molecule has 0 spiro atoms. The summed E-state index contributed by atoms with van der Waals surface area (Å²) in [6.07, 6.45) is 8.88. The maximum absolute atomic E-state index is 4.39. The Hall–Kier alpha value is -1.62. The highest BCUT2D eigenvalue weighted by atomic mass is 15.2. The van der Waals surface area contributed by atoms with Gasteiger partial charge in [-0.05, 0) is 6.54 Å². The second kappa shape index (κ2) is 5.63. The first-order valence-electron chi connectivity index (χ1n) is 5.97. The van der Waals surface area contributed by atoms with Crippen LogP contribution in [0.15, 0.2) is 24.9 Å². The summed E-state index contributed by atoms with van der Waals surface area (Å²) in [4.78, 5) is 4.39. The summed E-state index contributed by atoms with van der Waals surface area (Å²) in [5, 5.41) is 7.45. The zero-order valence-electron chi connectivity index (χ0n) is 10.4. The number of imidazole rings is 1. The van der Waals surface area contributed by atoms with E-state index in [-0.39, 0.29) is 0 Å². The molecule has 0 radical (unpaired) electrons. The van der Waals surface area contributed by atoms with E-state index in [0.717, 1.165) is 31.7 Å². The lowest BCUT2D eigenvalue weighted by molar-refractivity contribution is 0.708. The van der Waals surface area contributed by atoms with Gasteiger partial charge in [0.1, 0.15) is 0 Å². The maximum Gasteiger partial charge on any atom is 0.0952 e. The minimum absolute atomic E-state index is 0.835. The Morgan fingerprint density at radius 1 is 1.35 bits per heavy atom. The van der Waals surface area contributed by atoms with Crippen LogP contribution < -0.4 is 5.32 Å². The highest BCUT2D eigenvalue weighted by molar-refractivity contribution is 5.06. The van der Waals surface area contributed by atoms with Gasteiger partial charge in [-0.15, -0.1) is 0 Å².